The third kappa shape index (κ3) is 4.24. The first-order valence-corrected chi connectivity index (χ1v) is 10.8. The van der Waals surface area contributed by atoms with Gasteiger partial charge in [0.05, 0.1) is 5.57 Å². The number of amides is 1. The Hall–Kier alpha value is -2.70. The Balaban J connectivity index is 1.42. The molecule has 28 heavy (non-hydrogen) atoms. The molecular weight excluding hydrogens is 390 g/mol. The van der Waals surface area contributed by atoms with Crippen LogP contribution in [0.25, 0.3) is 11.6 Å². The Morgan fingerprint density at radius 3 is 2.54 bits per heavy atom. The first-order valence-electron chi connectivity index (χ1n) is 9.01. The highest BCUT2D eigenvalue weighted by atomic mass is 32.1. The van der Waals surface area contributed by atoms with Crippen molar-refractivity contribution in [3.8, 4) is 0 Å². The Morgan fingerprint density at radius 1 is 1.00 bits per heavy atom. The lowest BCUT2D eigenvalue weighted by atomic mass is 10.00. The standard InChI is InChI=1S/C22H19NO3S2/c24-21(23-10-9-16-5-1-2-6-17(16)14-23)15-26-22(25)19(20-8-4-12-28-20)13-18-7-3-11-27-18/h1-8,11-13H,9-10,14-15H2/b19-13+. The fourth-order valence-electron chi connectivity index (χ4n) is 3.18. The third-order valence-electron chi connectivity index (χ3n) is 4.65. The molecule has 142 valence electrons. The molecule has 0 N–H and O–H groups in total. The van der Waals surface area contributed by atoms with Crippen LogP contribution in [0.2, 0.25) is 0 Å². The number of fused-ring (bicyclic) bond motifs is 1. The van der Waals surface area contributed by atoms with Crippen molar-refractivity contribution in [2.24, 2.45) is 0 Å². The second kappa shape index (κ2) is 8.54. The summed E-state index contributed by atoms with van der Waals surface area (Å²) in [4.78, 5) is 28.8. The first-order chi connectivity index (χ1) is 13.7. The molecule has 3 heterocycles. The number of benzene rings is 1. The first kappa shape index (κ1) is 18.7. The third-order valence-corrected chi connectivity index (χ3v) is 6.37. The Bertz CT molecular complexity index is 991. The van der Waals surface area contributed by atoms with Crippen LogP contribution < -0.4 is 0 Å². The zero-order chi connectivity index (χ0) is 19.3. The topological polar surface area (TPSA) is 46.6 Å². The molecule has 0 atom stereocenters. The van der Waals surface area contributed by atoms with Crippen molar-refractivity contribution in [3.63, 3.8) is 0 Å². The molecule has 1 aliphatic heterocycles. The molecule has 1 aromatic carbocycles. The minimum Gasteiger partial charge on any atom is -0.452 e. The summed E-state index contributed by atoms with van der Waals surface area (Å²) in [5.74, 6) is -0.633. The van der Waals surface area contributed by atoms with Crippen molar-refractivity contribution >= 4 is 46.2 Å². The predicted molar refractivity (Wildman–Crippen MR) is 113 cm³/mol. The van der Waals surface area contributed by atoms with E-state index in [9.17, 15) is 9.59 Å². The minimum atomic E-state index is -0.471. The Kier molecular flexibility index (Phi) is 5.69. The largest absolute Gasteiger partial charge is 0.452 e. The molecule has 0 saturated carbocycles. The van der Waals surface area contributed by atoms with Crippen LogP contribution in [0.15, 0.2) is 59.3 Å². The van der Waals surface area contributed by atoms with Gasteiger partial charge in [0.1, 0.15) is 0 Å². The van der Waals surface area contributed by atoms with Gasteiger partial charge in [-0.15, -0.1) is 22.7 Å². The van der Waals surface area contributed by atoms with Crippen LogP contribution in [-0.4, -0.2) is 29.9 Å². The van der Waals surface area contributed by atoms with Crippen molar-refractivity contribution in [2.75, 3.05) is 13.2 Å². The molecule has 4 rings (SSSR count). The van der Waals surface area contributed by atoms with E-state index in [4.69, 9.17) is 4.74 Å². The van der Waals surface area contributed by atoms with Gasteiger partial charge in [-0.2, -0.15) is 0 Å². The maximum Gasteiger partial charge on any atom is 0.340 e. The highest BCUT2D eigenvalue weighted by Crippen LogP contribution is 2.26. The van der Waals surface area contributed by atoms with Crippen LogP contribution in [0.3, 0.4) is 0 Å². The Labute approximate surface area is 171 Å². The summed E-state index contributed by atoms with van der Waals surface area (Å²) in [6.07, 6.45) is 2.65. The summed E-state index contributed by atoms with van der Waals surface area (Å²) < 4.78 is 5.39. The van der Waals surface area contributed by atoms with Crippen LogP contribution in [0, 0.1) is 0 Å². The van der Waals surface area contributed by atoms with E-state index in [1.165, 1.54) is 16.9 Å². The zero-order valence-corrected chi connectivity index (χ0v) is 16.8. The van der Waals surface area contributed by atoms with E-state index in [2.05, 4.69) is 6.07 Å². The van der Waals surface area contributed by atoms with Gasteiger partial charge in [-0.3, -0.25) is 4.79 Å². The van der Waals surface area contributed by atoms with Gasteiger partial charge >= 0.3 is 5.97 Å². The molecule has 0 bridgehead atoms. The number of nitrogens with zero attached hydrogens (tertiary/aromatic N) is 1. The lowest BCUT2D eigenvalue weighted by molar-refractivity contribution is -0.147. The van der Waals surface area contributed by atoms with Crippen LogP contribution in [0.1, 0.15) is 20.9 Å². The number of carbonyl (C=O) groups excluding carboxylic acids is 2. The average Bonchev–Trinajstić information content (AvgIpc) is 3.43. The van der Waals surface area contributed by atoms with E-state index in [0.717, 1.165) is 21.7 Å². The normalized spacial score (nSPS) is 13.9. The quantitative estimate of drug-likeness (QED) is 0.461. The molecule has 1 aliphatic rings. The highest BCUT2D eigenvalue weighted by molar-refractivity contribution is 7.12. The van der Waals surface area contributed by atoms with Gasteiger partial charge in [0.25, 0.3) is 5.91 Å². The summed E-state index contributed by atoms with van der Waals surface area (Å²) in [5, 5.41) is 3.88. The van der Waals surface area contributed by atoms with Gasteiger partial charge < -0.3 is 9.64 Å². The molecule has 4 nitrogen and oxygen atoms in total. The summed E-state index contributed by atoms with van der Waals surface area (Å²) in [5.41, 5.74) is 2.92. The van der Waals surface area contributed by atoms with Gasteiger partial charge in [0.2, 0.25) is 0 Å². The van der Waals surface area contributed by atoms with Gasteiger partial charge in [0, 0.05) is 22.8 Å². The predicted octanol–water partition coefficient (Wildman–Crippen LogP) is 4.48. The summed E-state index contributed by atoms with van der Waals surface area (Å²) in [6.45, 7) is 0.972. The van der Waals surface area contributed by atoms with E-state index in [1.54, 1.807) is 16.2 Å². The van der Waals surface area contributed by atoms with Gasteiger partial charge in [-0.25, -0.2) is 4.79 Å². The van der Waals surface area contributed by atoms with Crippen molar-refractivity contribution in [2.45, 2.75) is 13.0 Å². The molecule has 0 spiro atoms. The molecule has 0 unspecified atom stereocenters. The maximum atomic E-state index is 12.7. The number of thiophene rings is 2. The zero-order valence-electron chi connectivity index (χ0n) is 15.2. The van der Waals surface area contributed by atoms with E-state index in [-0.39, 0.29) is 12.5 Å². The second-order valence-corrected chi connectivity index (χ2v) is 8.39. The number of rotatable bonds is 5. The van der Waals surface area contributed by atoms with Crippen LogP contribution in [0.4, 0.5) is 0 Å². The molecule has 3 aromatic rings. The van der Waals surface area contributed by atoms with Gasteiger partial charge in [0.15, 0.2) is 6.61 Å². The molecular formula is C22H19NO3S2. The molecule has 2 aromatic heterocycles. The number of hydrogen-bond acceptors (Lipinski definition) is 5. The van der Waals surface area contributed by atoms with Crippen LogP contribution >= 0.6 is 22.7 Å². The average molecular weight is 410 g/mol. The fraction of sp³-hybridized carbons (Fsp3) is 0.182. The van der Waals surface area contributed by atoms with E-state index in [0.29, 0.717) is 18.7 Å². The summed E-state index contributed by atoms with van der Waals surface area (Å²) in [7, 11) is 0. The van der Waals surface area contributed by atoms with Crippen molar-refractivity contribution in [1.29, 1.82) is 0 Å². The maximum absolute atomic E-state index is 12.7. The highest BCUT2D eigenvalue weighted by Gasteiger charge is 2.22. The lowest BCUT2D eigenvalue weighted by Crippen LogP contribution is -2.38. The van der Waals surface area contributed by atoms with Crippen molar-refractivity contribution in [3.05, 3.63) is 80.2 Å². The molecule has 0 fully saturated rings. The SMILES string of the molecule is O=C(OCC(=O)N1CCc2ccccc2C1)/C(=C/c1cccs1)c1cccs1. The van der Waals surface area contributed by atoms with E-state index < -0.39 is 5.97 Å². The van der Waals surface area contributed by atoms with Gasteiger partial charge in [-0.1, -0.05) is 36.4 Å². The molecule has 0 aliphatic carbocycles. The number of ether oxygens (including phenoxy) is 1. The van der Waals surface area contributed by atoms with E-state index in [1.807, 2.05) is 59.3 Å². The molecule has 0 radical (unpaired) electrons. The molecule has 0 saturated heterocycles. The van der Waals surface area contributed by atoms with Crippen molar-refractivity contribution in [1.82, 2.24) is 4.90 Å². The van der Waals surface area contributed by atoms with Crippen LogP contribution in [-0.2, 0) is 27.3 Å². The minimum absolute atomic E-state index is 0.162. The summed E-state index contributed by atoms with van der Waals surface area (Å²) in [6, 6.07) is 15.8. The smallest absolute Gasteiger partial charge is 0.340 e. The van der Waals surface area contributed by atoms with Crippen molar-refractivity contribution < 1.29 is 14.3 Å². The number of hydrogen-bond donors (Lipinski definition) is 0. The Morgan fingerprint density at radius 2 is 1.79 bits per heavy atom. The molecule has 1 amide bonds. The lowest BCUT2D eigenvalue weighted by Gasteiger charge is -2.28. The second-order valence-electron chi connectivity index (χ2n) is 6.46. The fourth-order valence-corrected chi connectivity index (χ4v) is 4.57. The number of esters is 1. The van der Waals surface area contributed by atoms with Gasteiger partial charge in [-0.05, 0) is 46.5 Å². The monoisotopic (exact) mass is 409 g/mol. The van der Waals surface area contributed by atoms with E-state index >= 15 is 0 Å². The summed E-state index contributed by atoms with van der Waals surface area (Å²) >= 11 is 3.03. The van der Waals surface area contributed by atoms with Crippen LogP contribution in [0.5, 0.6) is 0 Å². The molecule has 6 heteroatoms. The number of carbonyl (C=O) groups is 2.